The van der Waals surface area contributed by atoms with Crippen molar-refractivity contribution >= 4 is 40.9 Å². The Morgan fingerprint density at radius 1 is 0.957 bits per heavy atom. The van der Waals surface area contributed by atoms with E-state index in [0.29, 0.717) is 70.1 Å². The molecule has 0 aromatic heterocycles. The van der Waals surface area contributed by atoms with Crippen LogP contribution in [-0.2, 0) is 38.6 Å². The maximum atomic E-state index is 14.2. The molecule has 4 amide bonds. The second-order valence-corrected chi connectivity index (χ2v) is 13.0. The zero-order chi connectivity index (χ0) is 33.0. The summed E-state index contributed by atoms with van der Waals surface area (Å²) in [7, 11) is 0. The van der Waals surface area contributed by atoms with Gasteiger partial charge in [-0.1, -0.05) is 66.2 Å². The molecular weight excluding hydrogens is 616 g/mol. The van der Waals surface area contributed by atoms with Gasteiger partial charge in [0.15, 0.2) is 0 Å². The van der Waals surface area contributed by atoms with Gasteiger partial charge in [0.2, 0.25) is 23.6 Å². The number of amides is 4. The Labute approximate surface area is 280 Å². The molecule has 3 aliphatic rings. The van der Waals surface area contributed by atoms with E-state index in [-0.39, 0.29) is 23.6 Å². The summed E-state index contributed by atoms with van der Waals surface area (Å²) in [5, 5.41) is 9.79. The fourth-order valence-corrected chi connectivity index (χ4v) is 7.15. The van der Waals surface area contributed by atoms with E-state index in [9.17, 15) is 19.2 Å². The quantitative estimate of drug-likeness (QED) is 0.327. The molecule has 11 heteroatoms. The number of carbonyl (C=O) groups is 4. The third-order valence-electron chi connectivity index (χ3n) is 9.61. The van der Waals surface area contributed by atoms with Gasteiger partial charge in [0.1, 0.15) is 11.6 Å². The molecule has 0 unspecified atom stereocenters. The highest BCUT2D eigenvalue weighted by Crippen LogP contribution is 2.39. The number of nitrogens with one attached hydrogen (secondary N) is 3. The fraction of sp³-hybridized carbons (Fsp3) is 0.389. The van der Waals surface area contributed by atoms with Crippen LogP contribution in [0, 0.1) is 0 Å². The Hall–Kier alpha value is -4.41. The van der Waals surface area contributed by atoms with Crippen LogP contribution < -0.4 is 20.9 Å². The van der Waals surface area contributed by atoms with Gasteiger partial charge in [-0.25, -0.2) is 0 Å². The summed E-state index contributed by atoms with van der Waals surface area (Å²) in [4.78, 5) is 59.0. The van der Waals surface area contributed by atoms with Crippen LogP contribution in [0.5, 0.6) is 0 Å². The van der Waals surface area contributed by atoms with Crippen molar-refractivity contribution in [3.05, 3.63) is 101 Å². The van der Waals surface area contributed by atoms with Gasteiger partial charge in [0.05, 0.1) is 12.7 Å². The molecule has 2 saturated heterocycles. The molecule has 47 heavy (non-hydrogen) atoms. The zero-order valence-corrected chi connectivity index (χ0v) is 27.3. The predicted molar refractivity (Wildman–Crippen MR) is 181 cm³/mol. The molecule has 0 bridgehead atoms. The standard InChI is InChI=1S/C36H41ClN6O4/c1-25(44)38-17-20-42-24-43(30-9-3-2-4-10-30)36(35(42)47)15-18-41(19-16-36)34(46)32(21-26-11-13-29(37)14-12-26)40-33(45)31-22-27-7-5-6-8-28(27)23-39-31/h2-14,31-32,39H,15-24H2,1H3,(H,38,44)(H,40,45)/t31-,32-/m1/s1. The number of carbonyl (C=O) groups excluding carboxylic acids is 4. The Morgan fingerprint density at radius 2 is 1.64 bits per heavy atom. The highest BCUT2D eigenvalue weighted by Gasteiger charge is 2.54. The number of nitrogens with zero attached hydrogens (tertiary/aromatic N) is 3. The van der Waals surface area contributed by atoms with Crippen molar-refractivity contribution in [1.82, 2.24) is 25.8 Å². The van der Waals surface area contributed by atoms with E-state index in [1.807, 2.05) is 60.7 Å². The van der Waals surface area contributed by atoms with Crippen LogP contribution >= 0.6 is 11.6 Å². The summed E-state index contributed by atoms with van der Waals surface area (Å²) in [6, 6.07) is 24.0. The van der Waals surface area contributed by atoms with E-state index in [1.165, 1.54) is 12.5 Å². The first-order valence-corrected chi connectivity index (χ1v) is 16.6. The van der Waals surface area contributed by atoms with Crippen molar-refractivity contribution < 1.29 is 19.2 Å². The van der Waals surface area contributed by atoms with Crippen LogP contribution in [0.2, 0.25) is 5.02 Å². The molecule has 2 atom stereocenters. The van der Waals surface area contributed by atoms with Gasteiger partial charge < -0.3 is 30.7 Å². The molecular formula is C36H41ClN6O4. The van der Waals surface area contributed by atoms with Crippen molar-refractivity contribution in [2.75, 3.05) is 37.7 Å². The Kier molecular flexibility index (Phi) is 9.79. The number of anilines is 1. The number of benzene rings is 3. The van der Waals surface area contributed by atoms with Crippen molar-refractivity contribution in [3.63, 3.8) is 0 Å². The molecule has 246 valence electrons. The Balaban J connectivity index is 1.18. The molecule has 0 aliphatic carbocycles. The third-order valence-corrected chi connectivity index (χ3v) is 9.86. The van der Waals surface area contributed by atoms with Crippen molar-refractivity contribution in [2.45, 2.75) is 56.8 Å². The average Bonchev–Trinajstić information content (AvgIpc) is 3.35. The summed E-state index contributed by atoms with van der Waals surface area (Å²) in [5.41, 5.74) is 3.33. The van der Waals surface area contributed by atoms with Gasteiger partial charge in [-0.05, 0) is 60.2 Å². The molecule has 3 heterocycles. The van der Waals surface area contributed by atoms with Crippen LogP contribution in [0.15, 0.2) is 78.9 Å². The van der Waals surface area contributed by atoms with Gasteiger partial charge in [-0.15, -0.1) is 0 Å². The van der Waals surface area contributed by atoms with Crippen molar-refractivity contribution in [3.8, 4) is 0 Å². The lowest BCUT2D eigenvalue weighted by molar-refractivity contribution is -0.141. The third kappa shape index (κ3) is 7.13. The van der Waals surface area contributed by atoms with E-state index < -0.39 is 17.6 Å². The maximum absolute atomic E-state index is 14.2. The minimum Gasteiger partial charge on any atom is -0.355 e. The molecule has 1 spiro atoms. The molecule has 3 N–H and O–H groups in total. The van der Waals surface area contributed by atoms with Gasteiger partial charge in [-0.2, -0.15) is 0 Å². The number of para-hydroxylation sites is 1. The van der Waals surface area contributed by atoms with E-state index in [0.717, 1.165) is 16.8 Å². The fourth-order valence-electron chi connectivity index (χ4n) is 7.03. The molecule has 3 aromatic carbocycles. The topological polar surface area (TPSA) is 114 Å². The summed E-state index contributed by atoms with van der Waals surface area (Å²) in [5.74, 6) is -0.509. The van der Waals surface area contributed by atoms with Crippen LogP contribution in [-0.4, -0.2) is 83.9 Å². The maximum Gasteiger partial charge on any atom is 0.250 e. The van der Waals surface area contributed by atoms with E-state index in [1.54, 1.807) is 21.9 Å². The highest BCUT2D eigenvalue weighted by atomic mass is 35.5. The largest absolute Gasteiger partial charge is 0.355 e. The lowest BCUT2D eigenvalue weighted by Crippen LogP contribution is -2.60. The normalized spacial score (nSPS) is 19.3. The SMILES string of the molecule is CC(=O)NCCN1CN(c2ccccc2)C2(CCN(C(=O)[C@@H](Cc3ccc(Cl)cc3)NC(=O)[C@H]3Cc4ccccc4CN3)CC2)C1=O. The van der Waals surface area contributed by atoms with E-state index >= 15 is 0 Å². The number of piperidine rings is 1. The first-order chi connectivity index (χ1) is 22.7. The van der Waals surface area contributed by atoms with Crippen LogP contribution in [0.4, 0.5) is 5.69 Å². The van der Waals surface area contributed by atoms with Gasteiger partial charge in [0.25, 0.3) is 0 Å². The van der Waals surface area contributed by atoms with Gasteiger partial charge in [0, 0.05) is 56.8 Å². The van der Waals surface area contributed by atoms with Crippen LogP contribution in [0.25, 0.3) is 0 Å². The van der Waals surface area contributed by atoms with Crippen LogP contribution in [0.3, 0.4) is 0 Å². The number of rotatable bonds is 9. The number of hydrogen-bond donors (Lipinski definition) is 3. The second-order valence-electron chi connectivity index (χ2n) is 12.6. The average molecular weight is 657 g/mol. The highest BCUT2D eigenvalue weighted by molar-refractivity contribution is 6.30. The van der Waals surface area contributed by atoms with Crippen molar-refractivity contribution in [2.24, 2.45) is 0 Å². The minimum atomic E-state index is -0.803. The zero-order valence-electron chi connectivity index (χ0n) is 26.6. The van der Waals surface area contributed by atoms with Gasteiger partial charge in [-0.3, -0.25) is 19.2 Å². The first-order valence-electron chi connectivity index (χ1n) is 16.2. The molecule has 2 fully saturated rings. The molecule has 10 nitrogen and oxygen atoms in total. The molecule has 0 saturated carbocycles. The number of halogens is 1. The predicted octanol–water partition coefficient (Wildman–Crippen LogP) is 2.89. The van der Waals surface area contributed by atoms with Crippen LogP contribution in [0.1, 0.15) is 36.5 Å². The summed E-state index contributed by atoms with van der Waals surface area (Å²) >= 11 is 6.13. The van der Waals surface area contributed by atoms with Gasteiger partial charge >= 0.3 is 0 Å². The lowest BCUT2D eigenvalue weighted by atomic mass is 9.85. The molecule has 3 aliphatic heterocycles. The number of fused-ring (bicyclic) bond motifs is 1. The number of likely N-dealkylation sites (tertiary alicyclic amines) is 1. The monoisotopic (exact) mass is 656 g/mol. The Morgan fingerprint density at radius 3 is 2.34 bits per heavy atom. The molecule has 3 aromatic rings. The van der Waals surface area contributed by atoms with E-state index in [2.05, 4.69) is 26.9 Å². The summed E-state index contributed by atoms with van der Waals surface area (Å²) in [6.45, 7) is 3.97. The second kappa shape index (κ2) is 14.1. The lowest BCUT2D eigenvalue weighted by Gasteiger charge is -2.44. The van der Waals surface area contributed by atoms with Crippen molar-refractivity contribution in [1.29, 1.82) is 0 Å². The smallest absolute Gasteiger partial charge is 0.250 e. The first kappa shape index (κ1) is 32.5. The summed E-state index contributed by atoms with van der Waals surface area (Å²) in [6.07, 6.45) is 1.77. The summed E-state index contributed by atoms with van der Waals surface area (Å²) < 4.78 is 0. The molecule has 6 rings (SSSR count). The number of hydrogen-bond acceptors (Lipinski definition) is 6. The Bertz CT molecular complexity index is 1610. The van der Waals surface area contributed by atoms with E-state index in [4.69, 9.17) is 11.6 Å². The molecule has 0 radical (unpaired) electrons. The minimum absolute atomic E-state index is 0.00785.